The van der Waals surface area contributed by atoms with E-state index in [1.807, 2.05) is 0 Å². The lowest BCUT2D eigenvalue weighted by Gasteiger charge is -2.36. The summed E-state index contributed by atoms with van der Waals surface area (Å²) in [5.74, 6) is 0. The quantitative estimate of drug-likeness (QED) is 0.693. The van der Waals surface area contributed by atoms with Crippen molar-refractivity contribution in [3.8, 4) is 0 Å². The van der Waals surface area contributed by atoms with E-state index in [0.717, 1.165) is 19.3 Å². The third-order valence-electron chi connectivity index (χ3n) is 5.89. The molecule has 0 saturated heterocycles. The maximum absolute atomic E-state index is 5.58. The zero-order chi connectivity index (χ0) is 21.3. The van der Waals surface area contributed by atoms with Gasteiger partial charge in [0.05, 0.1) is 6.04 Å². The Morgan fingerprint density at radius 2 is 1.47 bits per heavy atom. The van der Waals surface area contributed by atoms with Crippen molar-refractivity contribution in [2.75, 3.05) is 38.0 Å². The Bertz CT molecular complexity index is 985. The van der Waals surface area contributed by atoms with Crippen molar-refractivity contribution in [2.24, 2.45) is 0 Å². The fourth-order valence-electron chi connectivity index (χ4n) is 4.21. The van der Waals surface area contributed by atoms with Crippen LogP contribution >= 0.6 is 12.2 Å². The molecule has 4 rings (SSSR count). The van der Waals surface area contributed by atoms with Gasteiger partial charge in [0, 0.05) is 45.3 Å². The van der Waals surface area contributed by atoms with Crippen molar-refractivity contribution in [3.63, 3.8) is 0 Å². The number of thiocarbonyl (C=S) groups is 1. The first-order valence-corrected chi connectivity index (χ1v) is 10.9. The summed E-state index contributed by atoms with van der Waals surface area (Å²) in [6, 6.07) is 17.6. The lowest BCUT2D eigenvalue weighted by molar-refractivity contribution is 0.609. The smallest absolute Gasteiger partial charge is 0.171 e. The van der Waals surface area contributed by atoms with E-state index in [4.69, 9.17) is 12.2 Å². The van der Waals surface area contributed by atoms with E-state index in [1.54, 1.807) is 0 Å². The van der Waals surface area contributed by atoms with Crippen LogP contribution in [0.5, 0.6) is 0 Å². The van der Waals surface area contributed by atoms with Crippen LogP contribution in [0.25, 0.3) is 6.08 Å². The third kappa shape index (κ3) is 4.21. The van der Waals surface area contributed by atoms with Crippen LogP contribution in [0.2, 0.25) is 0 Å². The molecule has 156 valence electrons. The highest BCUT2D eigenvalue weighted by molar-refractivity contribution is 7.80. The molecule has 1 unspecified atom stereocenters. The molecule has 2 aliphatic rings. The second kappa shape index (κ2) is 8.52. The Morgan fingerprint density at radius 3 is 2.07 bits per heavy atom. The van der Waals surface area contributed by atoms with Crippen molar-refractivity contribution in [3.05, 3.63) is 76.5 Å². The topological polar surface area (TPSA) is 30.5 Å². The fourth-order valence-corrected chi connectivity index (χ4v) is 4.43. The maximum Gasteiger partial charge on any atom is 0.171 e. The summed E-state index contributed by atoms with van der Waals surface area (Å²) in [4.78, 5) is 4.25. The Morgan fingerprint density at radius 1 is 0.867 bits per heavy atom. The molecular formula is C25H30N4S. The van der Waals surface area contributed by atoms with Gasteiger partial charge in [0.1, 0.15) is 0 Å². The van der Waals surface area contributed by atoms with Crippen LogP contribution in [0, 0.1) is 0 Å². The lowest BCUT2D eigenvalue weighted by Crippen LogP contribution is -2.45. The minimum Gasteiger partial charge on any atom is -0.378 e. The molecule has 2 aromatic carbocycles. The summed E-state index contributed by atoms with van der Waals surface area (Å²) in [5, 5.41) is 7.66. The van der Waals surface area contributed by atoms with Gasteiger partial charge in [-0.1, -0.05) is 24.3 Å². The average Bonchev–Trinajstić information content (AvgIpc) is 2.74. The second-order valence-electron chi connectivity index (χ2n) is 8.43. The summed E-state index contributed by atoms with van der Waals surface area (Å²) < 4.78 is 0. The molecule has 1 aliphatic carbocycles. The van der Waals surface area contributed by atoms with Crippen molar-refractivity contribution in [2.45, 2.75) is 25.3 Å². The predicted octanol–water partition coefficient (Wildman–Crippen LogP) is 4.86. The van der Waals surface area contributed by atoms with E-state index in [-0.39, 0.29) is 6.04 Å². The van der Waals surface area contributed by atoms with E-state index < -0.39 is 0 Å². The number of rotatable bonds is 4. The number of benzene rings is 2. The number of hydrogen-bond acceptors (Lipinski definition) is 3. The van der Waals surface area contributed by atoms with Crippen molar-refractivity contribution in [1.82, 2.24) is 10.6 Å². The molecule has 1 aliphatic heterocycles. The van der Waals surface area contributed by atoms with E-state index in [0.29, 0.717) is 5.11 Å². The van der Waals surface area contributed by atoms with Gasteiger partial charge in [0.25, 0.3) is 0 Å². The third-order valence-corrected chi connectivity index (χ3v) is 6.11. The lowest BCUT2D eigenvalue weighted by atomic mass is 9.83. The Labute approximate surface area is 185 Å². The first kappa shape index (κ1) is 20.5. The van der Waals surface area contributed by atoms with Crippen LogP contribution in [0.3, 0.4) is 0 Å². The van der Waals surface area contributed by atoms with Gasteiger partial charge >= 0.3 is 0 Å². The molecule has 2 N–H and O–H groups in total. The summed E-state index contributed by atoms with van der Waals surface area (Å²) in [7, 11) is 8.27. The first-order chi connectivity index (χ1) is 14.4. The summed E-state index contributed by atoms with van der Waals surface area (Å²) in [6.07, 6.45) is 5.61. The molecule has 1 heterocycles. The Hall–Kier alpha value is -2.79. The van der Waals surface area contributed by atoms with Crippen LogP contribution in [-0.4, -0.2) is 33.3 Å². The molecule has 1 atom stereocenters. The zero-order valence-electron chi connectivity index (χ0n) is 18.2. The molecule has 0 radical (unpaired) electrons. The predicted molar refractivity (Wildman–Crippen MR) is 132 cm³/mol. The Balaban J connectivity index is 1.68. The zero-order valence-corrected chi connectivity index (χ0v) is 19.0. The molecule has 0 bridgehead atoms. The van der Waals surface area contributed by atoms with Crippen molar-refractivity contribution < 1.29 is 0 Å². The minimum atomic E-state index is 0.129. The molecule has 0 amide bonds. The largest absolute Gasteiger partial charge is 0.378 e. The first-order valence-electron chi connectivity index (χ1n) is 10.5. The van der Waals surface area contributed by atoms with Gasteiger partial charge < -0.3 is 20.4 Å². The van der Waals surface area contributed by atoms with E-state index in [9.17, 15) is 0 Å². The van der Waals surface area contributed by atoms with Crippen molar-refractivity contribution >= 4 is 34.8 Å². The molecule has 0 saturated carbocycles. The van der Waals surface area contributed by atoms with Gasteiger partial charge in [-0.2, -0.15) is 0 Å². The van der Waals surface area contributed by atoms with Crippen LogP contribution in [0.4, 0.5) is 11.4 Å². The monoisotopic (exact) mass is 418 g/mol. The van der Waals surface area contributed by atoms with Crippen LogP contribution in [0.15, 0.2) is 65.4 Å². The van der Waals surface area contributed by atoms with Crippen molar-refractivity contribution in [1.29, 1.82) is 0 Å². The van der Waals surface area contributed by atoms with Gasteiger partial charge in [-0.15, -0.1) is 0 Å². The van der Waals surface area contributed by atoms with E-state index in [1.165, 1.54) is 39.3 Å². The van der Waals surface area contributed by atoms with Crippen LogP contribution < -0.4 is 20.4 Å². The van der Waals surface area contributed by atoms with Gasteiger partial charge in [0.15, 0.2) is 5.11 Å². The van der Waals surface area contributed by atoms with Gasteiger partial charge in [-0.05, 0) is 84.1 Å². The fraction of sp³-hybridized carbons (Fsp3) is 0.320. The SMILES string of the molecule is CN(C)c1ccc(/C=C2\CCCC3=C2NC(=S)NC3c2ccc(N(C)C)cc2)cc1. The van der Waals surface area contributed by atoms with Crippen LogP contribution in [-0.2, 0) is 0 Å². The average molecular weight is 419 g/mol. The van der Waals surface area contributed by atoms with Gasteiger partial charge in [0.2, 0.25) is 0 Å². The summed E-state index contributed by atoms with van der Waals surface area (Å²) in [5.41, 5.74) is 8.86. The number of anilines is 2. The highest BCUT2D eigenvalue weighted by Gasteiger charge is 2.30. The standard InChI is InChI=1S/C25H30N4S/c1-28(2)20-12-8-17(9-13-20)16-19-6-5-7-22-23(26-25(30)27-24(19)22)18-10-14-21(15-11-18)29(3)4/h8-16,23H,5-7H2,1-4H3,(H2,26,27,30)/b19-16+. The van der Waals surface area contributed by atoms with E-state index in [2.05, 4.69) is 103 Å². The molecular weight excluding hydrogens is 388 g/mol. The molecule has 4 nitrogen and oxygen atoms in total. The Kier molecular flexibility index (Phi) is 5.82. The summed E-state index contributed by atoms with van der Waals surface area (Å²) >= 11 is 5.58. The molecule has 5 heteroatoms. The second-order valence-corrected chi connectivity index (χ2v) is 8.84. The maximum atomic E-state index is 5.58. The van der Waals surface area contributed by atoms with Crippen LogP contribution in [0.1, 0.15) is 36.4 Å². The number of nitrogens with one attached hydrogen (secondary N) is 2. The van der Waals surface area contributed by atoms with E-state index >= 15 is 0 Å². The van der Waals surface area contributed by atoms with Gasteiger partial charge in [-0.25, -0.2) is 0 Å². The molecule has 0 spiro atoms. The molecule has 0 aromatic heterocycles. The van der Waals surface area contributed by atoms with Gasteiger partial charge in [-0.3, -0.25) is 0 Å². The highest BCUT2D eigenvalue weighted by Crippen LogP contribution is 2.39. The summed E-state index contributed by atoms with van der Waals surface area (Å²) in [6.45, 7) is 0. The minimum absolute atomic E-state index is 0.129. The molecule has 0 fully saturated rings. The molecule has 30 heavy (non-hydrogen) atoms. The number of hydrogen-bond donors (Lipinski definition) is 2. The normalized spacial score (nSPS) is 19.8. The number of nitrogens with zero attached hydrogens (tertiary/aromatic N) is 2. The number of allylic oxidation sites excluding steroid dienone is 1. The highest BCUT2D eigenvalue weighted by atomic mass is 32.1. The molecule has 2 aromatic rings.